The smallest absolute Gasteiger partial charge is 0.161 e. The Labute approximate surface area is 106 Å². The molecule has 0 bridgehead atoms. The Kier molecular flexibility index (Phi) is 4.05. The van der Waals surface area contributed by atoms with Gasteiger partial charge in [0, 0.05) is 11.4 Å². The molecule has 0 fully saturated rings. The predicted molar refractivity (Wildman–Crippen MR) is 73.2 cm³/mol. The number of hydrogen-bond acceptors (Lipinski definition) is 3. The third kappa shape index (κ3) is 3.46. The topological polar surface area (TPSA) is 24.4 Å². The van der Waals surface area contributed by atoms with E-state index < -0.39 is 0 Å². The molecular formula is C13H17FN2S. The summed E-state index contributed by atoms with van der Waals surface area (Å²) in [6.45, 7) is 4.39. The lowest BCUT2D eigenvalue weighted by Crippen LogP contribution is -2.23. The van der Waals surface area contributed by atoms with Crippen molar-refractivity contribution in [1.29, 1.82) is 0 Å². The van der Waals surface area contributed by atoms with Crippen LogP contribution in [0.15, 0.2) is 29.3 Å². The Bertz CT molecular complexity index is 400. The Hall–Kier alpha value is -1.03. The third-order valence-corrected chi connectivity index (χ3v) is 3.72. The summed E-state index contributed by atoms with van der Waals surface area (Å²) in [5.41, 5.74) is 0.891. The molecule has 1 aromatic rings. The van der Waals surface area contributed by atoms with Gasteiger partial charge in [0.1, 0.15) is 5.82 Å². The molecule has 1 N–H and O–H groups in total. The molecule has 2 nitrogen and oxygen atoms in total. The summed E-state index contributed by atoms with van der Waals surface area (Å²) < 4.78 is 12.8. The molecule has 1 heterocycles. The molecule has 0 saturated heterocycles. The highest BCUT2D eigenvalue weighted by atomic mass is 32.2. The van der Waals surface area contributed by atoms with E-state index in [2.05, 4.69) is 24.2 Å². The highest BCUT2D eigenvalue weighted by molar-refractivity contribution is 8.14. The molecule has 1 aliphatic rings. The zero-order valence-corrected chi connectivity index (χ0v) is 10.9. The van der Waals surface area contributed by atoms with Gasteiger partial charge in [0.25, 0.3) is 0 Å². The van der Waals surface area contributed by atoms with Crippen LogP contribution in [0.5, 0.6) is 0 Å². The minimum atomic E-state index is -0.214. The lowest BCUT2D eigenvalue weighted by molar-refractivity contribution is 0.485. The summed E-state index contributed by atoms with van der Waals surface area (Å²) in [5.74, 6) is 1.45. The van der Waals surface area contributed by atoms with E-state index in [1.807, 2.05) is 0 Å². The Balaban J connectivity index is 2.05. The normalized spacial score (nSPS) is 20.2. The lowest BCUT2D eigenvalue weighted by Gasteiger charge is -2.23. The van der Waals surface area contributed by atoms with Crippen LogP contribution in [0.1, 0.15) is 20.3 Å². The maximum atomic E-state index is 12.8. The van der Waals surface area contributed by atoms with Crippen molar-refractivity contribution in [3.8, 4) is 0 Å². The monoisotopic (exact) mass is 252 g/mol. The minimum Gasteiger partial charge on any atom is -0.335 e. The molecule has 0 aromatic heterocycles. The number of benzene rings is 1. The fourth-order valence-corrected chi connectivity index (χ4v) is 2.69. The van der Waals surface area contributed by atoms with Crippen LogP contribution in [-0.4, -0.2) is 17.0 Å². The first-order valence-electron chi connectivity index (χ1n) is 5.88. The maximum absolute atomic E-state index is 12.8. The summed E-state index contributed by atoms with van der Waals surface area (Å²) in [6, 6.07) is 6.78. The second-order valence-corrected chi connectivity index (χ2v) is 5.60. The van der Waals surface area contributed by atoms with Crippen LogP contribution in [0.25, 0.3) is 0 Å². The molecule has 0 saturated carbocycles. The number of nitrogens with one attached hydrogen (secondary N) is 1. The average Bonchev–Trinajstić information content (AvgIpc) is 2.32. The first kappa shape index (κ1) is 12.4. The SMILES string of the molecule is CC(C)C1CCSC(Nc2ccc(F)cc2)=N1. The van der Waals surface area contributed by atoms with Crippen LogP contribution in [0.3, 0.4) is 0 Å². The molecule has 2 rings (SSSR count). The number of thioether (sulfide) groups is 1. The molecule has 1 aromatic carbocycles. The largest absolute Gasteiger partial charge is 0.335 e. The van der Waals surface area contributed by atoms with E-state index in [4.69, 9.17) is 0 Å². The van der Waals surface area contributed by atoms with E-state index in [0.29, 0.717) is 12.0 Å². The van der Waals surface area contributed by atoms with Crippen molar-refractivity contribution in [2.24, 2.45) is 10.9 Å². The molecule has 0 spiro atoms. The standard InChI is InChI=1S/C13H17FN2S/c1-9(2)12-7-8-17-13(16-12)15-11-5-3-10(14)4-6-11/h3-6,9,12H,7-8H2,1-2H3,(H,15,16). The van der Waals surface area contributed by atoms with Gasteiger partial charge in [-0.05, 0) is 36.6 Å². The highest BCUT2D eigenvalue weighted by Gasteiger charge is 2.18. The van der Waals surface area contributed by atoms with Gasteiger partial charge in [0.2, 0.25) is 0 Å². The van der Waals surface area contributed by atoms with E-state index in [9.17, 15) is 4.39 Å². The van der Waals surface area contributed by atoms with Gasteiger partial charge in [-0.2, -0.15) is 0 Å². The summed E-state index contributed by atoms with van der Waals surface area (Å²) in [5, 5.41) is 4.19. The number of rotatable bonds is 2. The lowest BCUT2D eigenvalue weighted by atomic mass is 10.0. The zero-order chi connectivity index (χ0) is 12.3. The summed E-state index contributed by atoms with van der Waals surface area (Å²) in [7, 11) is 0. The van der Waals surface area contributed by atoms with Crippen molar-refractivity contribution in [3.05, 3.63) is 30.1 Å². The van der Waals surface area contributed by atoms with Crippen molar-refractivity contribution in [2.45, 2.75) is 26.3 Å². The van der Waals surface area contributed by atoms with Gasteiger partial charge < -0.3 is 5.32 Å². The predicted octanol–water partition coefficient (Wildman–Crippen LogP) is 3.76. The zero-order valence-electron chi connectivity index (χ0n) is 10.1. The molecule has 92 valence electrons. The Morgan fingerprint density at radius 2 is 2.06 bits per heavy atom. The van der Waals surface area contributed by atoms with E-state index >= 15 is 0 Å². The van der Waals surface area contributed by atoms with Crippen molar-refractivity contribution < 1.29 is 4.39 Å². The summed E-state index contributed by atoms with van der Waals surface area (Å²) in [6.07, 6.45) is 1.14. The van der Waals surface area contributed by atoms with Crippen molar-refractivity contribution >= 4 is 22.6 Å². The summed E-state index contributed by atoms with van der Waals surface area (Å²) in [4.78, 5) is 4.67. The van der Waals surface area contributed by atoms with Gasteiger partial charge in [-0.1, -0.05) is 25.6 Å². The van der Waals surface area contributed by atoms with Crippen LogP contribution in [-0.2, 0) is 0 Å². The van der Waals surface area contributed by atoms with E-state index in [-0.39, 0.29) is 5.82 Å². The van der Waals surface area contributed by atoms with Crippen molar-refractivity contribution in [2.75, 3.05) is 11.1 Å². The van der Waals surface area contributed by atoms with Crippen LogP contribution in [0, 0.1) is 11.7 Å². The second-order valence-electron chi connectivity index (χ2n) is 4.51. The number of anilines is 1. The number of halogens is 1. The average molecular weight is 252 g/mol. The van der Waals surface area contributed by atoms with Crippen molar-refractivity contribution in [3.63, 3.8) is 0 Å². The maximum Gasteiger partial charge on any atom is 0.161 e. The van der Waals surface area contributed by atoms with Gasteiger partial charge in [-0.25, -0.2) is 4.39 Å². The fourth-order valence-electron chi connectivity index (χ4n) is 1.74. The van der Waals surface area contributed by atoms with Crippen LogP contribution >= 0.6 is 11.8 Å². The van der Waals surface area contributed by atoms with Gasteiger partial charge in [0.15, 0.2) is 5.17 Å². The molecule has 0 aliphatic carbocycles. The first-order valence-corrected chi connectivity index (χ1v) is 6.87. The number of nitrogens with zero attached hydrogens (tertiary/aromatic N) is 1. The summed E-state index contributed by atoms with van der Waals surface area (Å²) >= 11 is 1.73. The van der Waals surface area contributed by atoms with E-state index in [0.717, 1.165) is 23.0 Å². The van der Waals surface area contributed by atoms with Crippen LogP contribution < -0.4 is 5.32 Å². The first-order chi connectivity index (χ1) is 8.15. The molecule has 1 atom stereocenters. The molecule has 17 heavy (non-hydrogen) atoms. The fraction of sp³-hybridized carbons (Fsp3) is 0.462. The minimum absolute atomic E-state index is 0.214. The quantitative estimate of drug-likeness (QED) is 0.866. The van der Waals surface area contributed by atoms with Gasteiger partial charge in [0.05, 0.1) is 6.04 Å². The van der Waals surface area contributed by atoms with Gasteiger partial charge >= 0.3 is 0 Å². The molecule has 1 aliphatic heterocycles. The molecule has 0 radical (unpaired) electrons. The van der Waals surface area contributed by atoms with E-state index in [1.165, 1.54) is 12.1 Å². The Morgan fingerprint density at radius 1 is 1.35 bits per heavy atom. The van der Waals surface area contributed by atoms with Crippen LogP contribution in [0.2, 0.25) is 0 Å². The molecule has 4 heteroatoms. The molecule has 1 unspecified atom stereocenters. The van der Waals surface area contributed by atoms with E-state index in [1.54, 1.807) is 23.9 Å². The van der Waals surface area contributed by atoms with Crippen molar-refractivity contribution in [1.82, 2.24) is 0 Å². The van der Waals surface area contributed by atoms with Gasteiger partial charge in [-0.15, -0.1) is 0 Å². The number of aliphatic imine (C=N–C) groups is 1. The number of amidine groups is 1. The van der Waals surface area contributed by atoms with Crippen LogP contribution in [0.4, 0.5) is 10.1 Å². The number of hydrogen-bond donors (Lipinski definition) is 1. The Morgan fingerprint density at radius 3 is 2.71 bits per heavy atom. The molecule has 0 amide bonds. The third-order valence-electron chi connectivity index (χ3n) is 2.80. The van der Waals surface area contributed by atoms with Gasteiger partial charge in [-0.3, -0.25) is 4.99 Å². The highest BCUT2D eigenvalue weighted by Crippen LogP contribution is 2.23. The molecular weight excluding hydrogens is 235 g/mol. The second kappa shape index (κ2) is 5.54.